The molecule has 0 bridgehead atoms. The fraction of sp³-hybridized carbons (Fsp3) is 0.375. The van der Waals surface area contributed by atoms with E-state index in [9.17, 15) is 0 Å². The Bertz CT molecular complexity index is 3640. The molecule has 0 spiro atoms. The van der Waals surface area contributed by atoms with Crippen molar-refractivity contribution in [1.82, 2.24) is 0 Å². The van der Waals surface area contributed by atoms with E-state index in [0.29, 0.717) is 22.3 Å². The smallest absolute Gasteiger partial charge is 0.266 e. The maximum Gasteiger partial charge on any atom is 0.266 e. The van der Waals surface area contributed by atoms with E-state index in [1.54, 1.807) is 55.4 Å². The van der Waals surface area contributed by atoms with E-state index in [1.165, 1.54) is 84.0 Å². The van der Waals surface area contributed by atoms with Crippen LogP contribution >= 0.6 is 0 Å². The summed E-state index contributed by atoms with van der Waals surface area (Å²) in [7, 11) is 0. The zero-order valence-corrected chi connectivity index (χ0v) is 52.6. The fourth-order valence-corrected chi connectivity index (χ4v) is 15.0. The van der Waals surface area contributed by atoms with Gasteiger partial charge in [-0.2, -0.15) is 0 Å². The van der Waals surface area contributed by atoms with Crippen LogP contribution in [-0.4, -0.2) is 11.8 Å². The van der Waals surface area contributed by atoms with Crippen molar-refractivity contribution >= 4 is 55.7 Å². The lowest BCUT2D eigenvalue weighted by Crippen LogP contribution is -2.46. The van der Waals surface area contributed by atoms with Crippen LogP contribution in [0.15, 0.2) is 182 Å². The predicted molar refractivity (Wildman–Crippen MR) is 358 cm³/mol. The normalized spacial score (nSPS) is 16.5. The molecule has 86 heavy (non-hydrogen) atoms. The van der Waals surface area contributed by atoms with Crippen LogP contribution in [0.4, 0.5) is 51.7 Å². The summed E-state index contributed by atoms with van der Waals surface area (Å²) in [5.41, 5.74) is 10.1. The van der Waals surface area contributed by atoms with Gasteiger partial charge in [-0.15, -0.1) is 0 Å². The minimum absolute atomic E-state index is 0.696. The zero-order valence-electron chi connectivity index (χ0n) is 52.6. The van der Waals surface area contributed by atoms with Gasteiger partial charge in [0.1, 0.15) is 0 Å². The molecule has 9 aromatic carbocycles. The number of benzene rings is 9. The molecular weight excluding hydrogens is 1060 g/mol. The van der Waals surface area contributed by atoms with Gasteiger partial charge in [-0.05, 0) is 208 Å². The van der Waals surface area contributed by atoms with E-state index in [4.69, 9.17) is 0 Å². The molecule has 11 rings (SSSR count). The van der Waals surface area contributed by atoms with Crippen LogP contribution in [0.3, 0.4) is 0 Å². The highest BCUT2D eigenvalue weighted by atomic mass is 19.3. The summed E-state index contributed by atoms with van der Waals surface area (Å²) < 4.78 is 65.5. The number of hydrogen-bond acceptors (Lipinski definition) is 2. The lowest BCUT2D eigenvalue weighted by Gasteiger charge is -2.35. The first-order chi connectivity index (χ1) is 41.2. The third kappa shape index (κ3) is 10.3. The summed E-state index contributed by atoms with van der Waals surface area (Å²) in [5, 5.41) is 4.94. The van der Waals surface area contributed by atoms with Crippen molar-refractivity contribution < 1.29 is 17.6 Å². The third-order valence-corrected chi connectivity index (χ3v) is 20.2. The highest BCUT2D eigenvalue weighted by molar-refractivity contribution is 6.13. The average molecular weight is 1150 g/mol. The summed E-state index contributed by atoms with van der Waals surface area (Å²) in [4.78, 5) is 4.73. The monoisotopic (exact) mass is 1150 g/mol. The second-order valence-electron chi connectivity index (χ2n) is 27.0. The van der Waals surface area contributed by atoms with E-state index in [0.717, 1.165) is 94.9 Å². The maximum atomic E-state index is 16.4. The van der Waals surface area contributed by atoms with Gasteiger partial charge in [0.25, 0.3) is 11.8 Å². The van der Waals surface area contributed by atoms with Crippen molar-refractivity contribution in [3.63, 3.8) is 0 Å². The molecule has 6 heteroatoms. The van der Waals surface area contributed by atoms with Gasteiger partial charge in [0, 0.05) is 33.9 Å². The molecule has 2 nitrogen and oxygen atoms in total. The number of aryl methyl sites for hydroxylation is 2. The first-order valence-electron chi connectivity index (χ1n) is 32.1. The Balaban J connectivity index is 1.11. The number of alkyl halides is 4. The van der Waals surface area contributed by atoms with Crippen LogP contribution in [0.1, 0.15) is 180 Å². The Morgan fingerprint density at radius 3 is 1.02 bits per heavy atom. The summed E-state index contributed by atoms with van der Waals surface area (Å²) in [6, 6.07) is 64.2. The summed E-state index contributed by atoms with van der Waals surface area (Å²) in [5.74, 6) is -5.88. The molecule has 0 fully saturated rings. The van der Waals surface area contributed by atoms with E-state index in [2.05, 4.69) is 169 Å². The molecule has 0 aliphatic heterocycles. The van der Waals surface area contributed by atoms with Gasteiger partial charge in [0.2, 0.25) is 0 Å². The molecule has 0 saturated heterocycles. The van der Waals surface area contributed by atoms with Gasteiger partial charge in [0.15, 0.2) is 0 Å². The molecule has 446 valence electrons. The summed E-state index contributed by atoms with van der Waals surface area (Å²) >= 11 is 0. The highest BCUT2D eigenvalue weighted by Crippen LogP contribution is 2.62. The molecule has 0 radical (unpaired) electrons. The third-order valence-electron chi connectivity index (χ3n) is 20.2. The first kappa shape index (κ1) is 60.5. The number of hydrogen-bond donors (Lipinski definition) is 0. The minimum Gasteiger partial charge on any atom is -0.310 e. The van der Waals surface area contributed by atoms with Crippen LogP contribution in [0, 0.1) is 0 Å². The number of para-hydroxylation sites is 4. The van der Waals surface area contributed by atoms with E-state index >= 15 is 17.6 Å². The molecule has 0 aromatic heterocycles. The molecular formula is C80H88F4N2. The SMILES string of the molecule is CCCCCCCCc1c(CCCCCCCC)c2cc(N(c3ccccc3)c3ccccc3-c3ccc4c(c3)C(C)(C)C(F)(F)C4(C)C)ccc2c2ccc(N(c3ccccc3)c3ccccc3-c3ccc4c(c3)C(C)(C)C(F)(F)C4(C)C)cc12. The Morgan fingerprint density at radius 1 is 0.302 bits per heavy atom. The zero-order chi connectivity index (χ0) is 60.8. The molecule has 0 amide bonds. The van der Waals surface area contributed by atoms with Crippen molar-refractivity contribution in [2.45, 2.75) is 193 Å². The topological polar surface area (TPSA) is 6.48 Å². The maximum absolute atomic E-state index is 16.4. The van der Waals surface area contributed by atoms with E-state index in [1.807, 2.05) is 36.4 Å². The van der Waals surface area contributed by atoms with Crippen LogP contribution in [0.5, 0.6) is 0 Å². The van der Waals surface area contributed by atoms with Crippen molar-refractivity contribution in [2.24, 2.45) is 0 Å². The molecule has 2 aliphatic carbocycles. The van der Waals surface area contributed by atoms with Gasteiger partial charge in [-0.3, -0.25) is 0 Å². The van der Waals surface area contributed by atoms with Crippen LogP contribution in [0.2, 0.25) is 0 Å². The predicted octanol–water partition coefficient (Wildman–Crippen LogP) is 24.5. The second-order valence-corrected chi connectivity index (χ2v) is 27.0. The van der Waals surface area contributed by atoms with E-state index < -0.39 is 33.5 Å². The first-order valence-corrected chi connectivity index (χ1v) is 32.1. The Kier molecular flexibility index (Phi) is 16.8. The second kappa shape index (κ2) is 23.8. The lowest BCUT2D eigenvalue weighted by atomic mass is 9.77. The molecule has 0 saturated carbocycles. The van der Waals surface area contributed by atoms with Crippen LogP contribution in [0.25, 0.3) is 43.8 Å². The largest absolute Gasteiger partial charge is 0.310 e. The summed E-state index contributed by atoms with van der Waals surface area (Å²) in [6.07, 6.45) is 16.2. The Hall–Kier alpha value is -7.18. The molecule has 0 N–H and O–H groups in total. The minimum atomic E-state index is -2.94. The number of unbranched alkanes of at least 4 members (excludes halogenated alkanes) is 10. The van der Waals surface area contributed by atoms with Gasteiger partial charge < -0.3 is 9.80 Å². The van der Waals surface area contributed by atoms with Crippen molar-refractivity contribution in [3.8, 4) is 22.3 Å². The van der Waals surface area contributed by atoms with E-state index in [-0.39, 0.29) is 0 Å². The van der Waals surface area contributed by atoms with Gasteiger partial charge in [-0.1, -0.05) is 199 Å². The number of anilines is 6. The number of nitrogens with zero attached hydrogens (tertiary/aromatic N) is 2. The average Bonchev–Trinajstić information content (AvgIpc) is 1.72. The van der Waals surface area contributed by atoms with Crippen molar-refractivity contribution in [1.29, 1.82) is 0 Å². The number of rotatable bonds is 22. The Morgan fingerprint density at radius 2 is 0.640 bits per heavy atom. The summed E-state index contributed by atoms with van der Waals surface area (Å²) in [6.45, 7) is 18.1. The Labute approximate surface area is 510 Å². The molecule has 0 atom stereocenters. The quantitative estimate of drug-likeness (QED) is 0.0379. The standard InChI is InChI=1S/C80H88F4N2/c1-11-13-15-17-19-27-39-63-64(40-28-20-18-16-14-12-2)68-54-60(86(58-35-25-22-26-36-58)74-42-32-30-38-62(74)56-44-50-70-72(52-56)78(9,10)80(83,84)76(70,5)6)46-48-66(68)65-47-45-59(53-67(63)65)85(57-33-23-21-24-34-57)73-41-31-29-37-61(73)55-43-49-69-71(51-55)77(7,8)79(81,82)75(69,3)4/h21-26,29-38,41-54H,11-20,27-28,39-40H2,1-10H3. The lowest BCUT2D eigenvalue weighted by molar-refractivity contribution is -0.105. The number of fused-ring (bicyclic) bond motifs is 5. The van der Waals surface area contributed by atoms with Crippen LogP contribution in [-0.2, 0) is 34.5 Å². The molecule has 2 aliphatic rings. The number of halogens is 4. The molecule has 9 aromatic rings. The van der Waals surface area contributed by atoms with Crippen molar-refractivity contribution in [2.75, 3.05) is 9.80 Å². The molecule has 0 heterocycles. The van der Waals surface area contributed by atoms with Gasteiger partial charge in [-0.25, -0.2) is 17.6 Å². The molecule has 0 unspecified atom stereocenters. The van der Waals surface area contributed by atoms with Gasteiger partial charge in [0.05, 0.1) is 33.0 Å². The van der Waals surface area contributed by atoms with Gasteiger partial charge >= 0.3 is 0 Å². The van der Waals surface area contributed by atoms with Crippen LogP contribution < -0.4 is 9.80 Å². The fourth-order valence-electron chi connectivity index (χ4n) is 15.0. The highest BCUT2D eigenvalue weighted by Gasteiger charge is 2.66. The van der Waals surface area contributed by atoms with Crippen molar-refractivity contribution in [3.05, 3.63) is 215 Å².